The molecule has 1 amide bonds. The van der Waals surface area contributed by atoms with Crippen molar-refractivity contribution in [1.29, 1.82) is 0 Å². The van der Waals surface area contributed by atoms with Crippen LogP contribution in [0, 0.1) is 6.92 Å². The molecule has 1 N–H and O–H groups in total. The summed E-state index contributed by atoms with van der Waals surface area (Å²) >= 11 is 6.13. The Morgan fingerprint density at radius 3 is 2.56 bits per heavy atom. The maximum absolute atomic E-state index is 12.4. The Bertz CT molecular complexity index is 849. The van der Waals surface area contributed by atoms with Crippen LogP contribution in [-0.2, 0) is 11.3 Å². The lowest BCUT2D eigenvalue weighted by Crippen LogP contribution is -2.25. The second kappa shape index (κ2) is 7.94. The highest BCUT2D eigenvalue weighted by atomic mass is 35.5. The highest BCUT2D eigenvalue weighted by Gasteiger charge is 2.19. The van der Waals surface area contributed by atoms with Gasteiger partial charge >= 0.3 is 0 Å². The van der Waals surface area contributed by atoms with Gasteiger partial charge in [-0.2, -0.15) is 0 Å². The minimum atomic E-state index is -0.0929. The van der Waals surface area contributed by atoms with E-state index >= 15 is 0 Å². The fourth-order valence-electron chi connectivity index (χ4n) is 2.68. The Hall–Kier alpha value is -2.66. The van der Waals surface area contributed by atoms with Crippen molar-refractivity contribution < 1.29 is 9.21 Å². The third kappa shape index (κ3) is 4.67. The van der Waals surface area contributed by atoms with Crippen molar-refractivity contribution in [2.45, 2.75) is 25.8 Å². The lowest BCUT2D eigenvalue weighted by Gasteiger charge is -2.18. The van der Waals surface area contributed by atoms with Crippen LogP contribution in [-0.4, -0.2) is 16.1 Å². The van der Waals surface area contributed by atoms with Crippen LogP contribution in [0.1, 0.15) is 35.2 Å². The molecule has 0 fully saturated rings. The summed E-state index contributed by atoms with van der Waals surface area (Å²) in [7, 11) is 0. The minimum Gasteiger partial charge on any atom is -0.424 e. The number of aromatic nitrogens is 2. The first-order chi connectivity index (χ1) is 12.1. The smallest absolute Gasteiger partial charge is 0.235 e. The van der Waals surface area contributed by atoms with Gasteiger partial charge in [-0.15, -0.1) is 10.2 Å². The van der Waals surface area contributed by atoms with Gasteiger partial charge < -0.3 is 9.73 Å². The number of aryl methyl sites for hydroxylation is 1. The third-order valence-electron chi connectivity index (χ3n) is 3.85. The van der Waals surface area contributed by atoms with Gasteiger partial charge in [0, 0.05) is 24.3 Å². The van der Waals surface area contributed by atoms with Crippen molar-refractivity contribution in [3.8, 4) is 0 Å². The number of rotatable bonds is 6. The number of halogens is 1. The molecule has 0 saturated carbocycles. The topological polar surface area (TPSA) is 68.0 Å². The second-order valence-electron chi connectivity index (χ2n) is 5.71. The summed E-state index contributed by atoms with van der Waals surface area (Å²) in [6.07, 6.45) is 0.303. The number of hydrogen-bond acceptors (Lipinski definition) is 4. The van der Waals surface area contributed by atoms with E-state index in [0.29, 0.717) is 23.2 Å². The van der Waals surface area contributed by atoms with Crippen molar-refractivity contribution in [2.24, 2.45) is 0 Å². The molecule has 2 aromatic carbocycles. The summed E-state index contributed by atoms with van der Waals surface area (Å²) in [5.74, 6) is 0.698. The summed E-state index contributed by atoms with van der Waals surface area (Å²) in [5, 5.41) is 11.1. The zero-order chi connectivity index (χ0) is 17.6. The molecule has 0 aliphatic carbocycles. The van der Waals surface area contributed by atoms with E-state index in [9.17, 15) is 4.79 Å². The molecule has 3 rings (SSSR count). The van der Waals surface area contributed by atoms with Crippen LogP contribution in [0.15, 0.2) is 59.0 Å². The largest absolute Gasteiger partial charge is 0.424 e. The first-order valence-electron chi connectivity index (χ1n) is 7.98. The standard InChI is InChI=1S/C19H18ClN3O2/c1-13-22-23-19(25-13)12-21-18(24)11-17(14-6-3-2-4-7-14)15-8-5-9-16(20)10-15/h2-10,17H,11-12H2,1H3,(H,21,24)/t17-/m1/s1. The lowest BCUT2D eigenvalue weighted by molar-refractivity contribution is -0.121. The van der Waals surface area contributed by atoms with E-state index in [2.05, 4.69) is 15.5 Å². The number of amides is 1. The molecule has 5 nitrogen and oxygen atoms in total. The fourth-order valence-corrected chi connectivity index (χ4v) is 2.88. The Balaban J connectivity index is 1.74. The molecule has 3 aromatic rings. The Morgan fingerprint density at radius 2 is 1.88 bits per heavy atom. The molecule has 1 aromatic heterocycles. The zero-order valence-electron chi connectivity index (χ0n) is 13.8. The molecular weight excluding hydrogens is 338 g/mol. The molecular formula is C19H18ClN3O2. The molecule has 0 aliphatic rings. The van der Waals surface area contributed by atoms with Gasteiger partial charge in [0.15, 0.2) is 0 Å². The highest BCUT2D eigenvalue weighted by Crippen LogP contribution is 2.29. The fraction of sp³-hybridized carbons (Fsp3) is 0.211. The van der Waals surface area contributed by atoms with Crippen LogP contribution in [0.4, 0.5) is 0 Å². The highest BCUT2D eigenvalue weighted by molar-refractivity contribution is 6.30. The summed E-state index contributed by atoms with van der Waals surface area (Å²) in [4.78, 5) is 12.4. The van der Waals surface area contributed by atoms with Gasteiger partial charge in [-0.1, -0.05) is 54.1 Å². The average Bonchev–Trinajstić information content (AvgIpc) is 3.04. The molecule has 0 radical (unpaired) electrons. The van der Waals surface area contributed by atoms with E-state index < -0.39 is 0 Å². The molecule has 0 saturated heterocycles. The summed E-state index contributed by atoms with van der Waals surface area (Å²) < 4.78 is 5.27. The predicted octanol–water partition coefficient (Wildman–Crippen LogP) is 3.87. The number of benzene rings is 2. The molecule has 0 bridgehead atoms. The summed E-state index contributed by atoms with van der Waals surface area (Å²) in [6, 6.07) is 17.5. The van der Waals surface area contributed by atoms with Gasteiger partial charge in [-0.25, -0.2) is 0 Å². The Morgan fingerprint density at radius 1 is 1.12 bits per heavy atom. The van der Waals surface area contributed by atoms with Crippen molar-refractivity contribution in [2.75, 3.05) is 0 Å². The molecule has 0 spiro atoms. The van der Waals surface area contributed by atoms with Crippen molar-refractivity contribution in [1.82, 2.24) is 15.5 Å². The third-order valence-corrected chi connectivity index (χ3v) is 4.08. The first kappa shape index (κ1) is 17.2. The quantitative estimate of drug-likeness (QED) is 0.728. The van der Waals surface area contributed by atoms with Crippen LogP contribution in [0.3, 0.4) is 0 Å². The van der Waals surface area contributed by atoms with Crippen molar-refractivity contribution >= 4 is 17.5 Å². The van der Waals surface area contributed by atoms with E-state index in [-0.39, 0.29) is 18.4 Å². The van der Waals surface area contributed by atoms with E-state index in [0.717, 1.165) is 11.1 Å². The molecule has 0 unspecified atom stereocenters. The number of carbonyl (C=O) groups excluding carboxylic acids is 1. The number of nitrogens with one attached hydrogen (secondary N) is 1. The zero-order valence-corrected chi connectivity index (χ0v) is 14.5. The molecule has 1 atom stereocenters. The Kier molecular flexibility index (Phi) is 5.46. The molecule has 6 heteroatoms. The summed E-state index contributed by atoms with van der Waals surface area (Å²) in [6.45, 7) is 1.93. The average molecular weight is 356 g/mol. The van der Waals surface area contributed by atoms with Crippen molar-refractivity contribution in [3.05, 3.63) is 82.5 Å². The minimum absolute atomic E-state index is 0.0793. The lowest BCUT2D eigenvalue weighted by atomic mass is 9.88. The van der Waals surface area contributed by atoms with Gasteiger partial charge in [0.25, 0.3) is 0 Å². The van der Waals surface area contributed by atoms with E-state index in [1.165, 1.54) is 0 Å². The van der Waals surface area contributed by atoms with Gasteiger partial charge in [0.2, 0.25) is 17.7 Å². The van der Waals surface area contributed by atoms with E-state index in [1.807, 2.05) is 54.6 Å². The maximum Gasteiger partial charge on any atom is 0.235 e. The van der Waals surface area contributed by atoms with Crippen molar-refractivity contribution in [3.63, 3.8) is 0 Å². The SMILES string of the molecule is Cc1nnc(CNC(=O)C[C@H](c2ccccc2)c2cccc(Cl)c2)o1. The van der Waals surface area contributed by atoms with Crippen LogP contribution < -0.4 is 5.32 Å². The molecule has 0 aliphatic heterocycles. The number of hydrogen-bond donors (Lipinski definition) is 1. The van der Waals surface area contributed by atoms with Crippen LogP contribution in [0.25, 0.3) is 0 Å². The van der Waals surface area contributed by atoms with Crippen LogP contribution >= 0.6 is 11.6 Å². The first-order valence-corrected chi connectivity index (χ1v) is 8.35. The molecule has 25 heavy (non-hydrogen) atoms. The molecule has 128 valence electrons. The summed E-state index contributed by atoms with van der Waals surface area (Å²) in [5.41, 5.74) is 2.07. The van der Waals surface area contributed by atoms with Gasteiger partial charge in [-0.3, -0.25) is 4.79 Å². The van der Waals surface area contributed by atoms with Gasteiger partial charge in [-0.05, 0) is 23.3 Å². The molecule has 1 heterocycles. The van der Waals surface area contributed by atoms with Gasteiger partial charge in [0.05, 0.1) is 6.54 Å². The second-order valence-corrected chi connectivity index (χ2v) is 6.15. The number of nitrogens with zero attached hydrogens (tertiary/aromatic N) is 2. The van der Waals surface area contributed by atoms with Crippen LogP contribution in [0.5, 0.6) is 0 Å². The monoisotopic (exact) mass is 355 g/mol. The van der Waals surface area contributed by atoms with Gasteiger partial charge in [0.1, 0.15) is 0 Å². The number of carbonyl (C=O) groups is 1. The maximum atomic E-state index is 12.4. The van der Waals surface area contributed by atoms with E-state index in [1.54, 1.807) is 6.92 Å². The van der Waals surface area contributed by atoms with E-state index in [4.69, 9.17) is 16.0 Å². The van der Waals surface area contributed by atoms with Crippen LogP contribution in [0.2, 0.25) is 5.02 Å². The predicted molar refractivity (Wildman–Crippen MR) is 95.2 cm³/mol. The Labute approximate surface area is 151 Å². The normalized spacial score (nSPS) is 11.9.